The third-order valence-corrected chi connectivity index (χ3v) is 6.22. The van der Waals surface area contributed by atoms with E-state index in [2.05, 4.69) is 50.9 Å². The molecule has 0 unspecified atom stereocenters. The van der Waals surface area contributed by atoms with E-state index < -0.39 is 0 Å². The van der Waals surface area contributed by atoms with Gasteiger partial charge in [0.1, 0.15) is 11.5 Å². The Labute approximate surface area is 251 Å². The Morgan fingerprint density at radius 1 is 0.951 bits per heavy atom. The molecule has 1 aromatic heterocycles. The summed E-state index contributed by atoms with van der Waals surface area (Å²) in [6, 6.07) is 14.7. The van der Waals surface area contributed by atoms with E-state index in [1.165, 1.54) is 44.2 Å². The van der Waals surface area contributed by atoms with E-state index in [9.17, 15) is 4.39 Å². The smallest absolute Gasteiger partial charge is 0.123 e. The topological polar surface area (TPSA) is 55.9 Å². The maximum Gasteiger partial charge on any atom is 0.123 e. The van der Waals surface area contributed by atoms with E-state index in [4.69, 9.17) is 10.8 Å². The summed E-state index contributed by atoms with van der Waals surface area (Å²) in [5, 5.41) is 8.30. The van der Waals surface area contributed by atoms with E-state index in [-0.39, 0.29) is 5.82 Å². The number of benzene rings is 2. The summed E-state index contributed by atoms with van der Waals surface area (Å²) in [7, 11) is 0. The van der Waals surface area contributed by atoms with E-state index in [1.54, 1.807) is 12.1 Å². The molecule has 0 bridgehead atoms. The molecule has 4 rings (SSSR count). The number of hydrogen-bond acceptors (Lipinski definition) is 3. The lowest BCUT2D eigenvalue weighted by atomic mass is 10.0. The van der Waals surface area contributed by atoms with Crippen molar-refractivity contribution in [3.63, 3.8) is 0 Å². The molecule has 228 valence electrons. The van der Waals surface area contributed by atoms with Gasteiger partial charge >= 0.3 is 0 Å². The number of hydrogen-bond donors (Lipinski definition) is 2. The average Bonchev–Trinajstić information content (AvgIpc) is 3.27. The van der Waals surface area contributed by atoms with Crippen LogP contribution in [-0.2, 0) is 6.42 Å². The van der Waals surface area contributed by atoms with Crippen LogP contribution in [0, 0.1) is 12.7 Å². The number of para-hydroxylation sites is 1. The van der Waals surface area contributed by atoms with E-state index in [0.717, 1.165) is 52.3 Å². The van der Waals surface area contributed by atoms with Crippen molar-refractivity contribution in [3.8, 4) is 5.69 Å². The zero-order chi connectivity index (χ0) is 31.2. The first-order chi connectivity index (χ1) is 20.0. The zero-order valence-corrected chi connectivity index (χ0v) is 27.4. The molecule has 0 saturated heterocycles. The Balaban J connectivity index is 0.00000106. The van der Waals surface area contributed by atoms with Gasteiger partial charge in [-0.2, -0.15) is 5.10 Å². The highest BCUT2D eigenvalue weighted by molar-refractivity contribution is 5.85. The van der Waals surface area contributed by atoms with Gasteiger partial charge in [-0.05, 0) is 60.9 Å². The first-order valence-corrected chi connectivity index (χ1v) is 15.8. The minimum Gasteiger partial charge on any atom is -0.397 e. The molecule has 1 aliphatic heterocycles. The molecule has 5 heteroatoms. The van der Waals surface area contributed by atoms with Crippen molar-refractivity contribution in [1.29, 1.82) is 0 Å². The Morgan fingerprint density at radius 3 is 2.07 bits per heavy atom. The molecular formula is C36H57FN4. The van der Waals surface area contributed by atoms with E-state index >= 15 is 0 Å². The maximum atomic E-state index is 13.3. The highest BCUT2D eigenvalue weighted by Gasteiger charge is 2.25. The maximum absolute atomic E-state index is 13.3. The summed E-state index contributed by atoms with van der Waals surface area (Å²) >= 11 is 0. The molecule has 0 saturated carbocycles. The van der Waals surface area contributed by atoms with Crippen molar-refractivity contribution in [3.05, 3.63) is 89.0 Å². The Morgan fingerprint density at radius 2 is 1.54 bits per heavy atom. The lowest BCUT2D eigenvalue weighted by Gasteiger charge is -2.13. The molecule has 41 heavy (non-hydrogen) atoms. The van der Waals surface area contributed by atoms with Crippen LogP contribution < -0.4 is 11.1 Å². The molecule has 1 aliphatic rings. The first kappa shape index (κ1) is 37.8. The van der Waals surface area contributed by atoms with Crippen LogP contribution in [-0.4, -0.2) is 22.9 Å². The fourth-order valence-electron chi connectivity index (χ4n) is 4.33. The third-order valence-electron chi connectivity index (χ3n) is 6.22. The minimum absolute atomic E-state index is 0.242. The summed E-state index contributed by atoms with van der Waals surface area (Å²) in [6.45, 7) is 24.0. The molecule has 2 heterocycles. The van der Waals surface area contributed by atoms with Crippen molar-refractivity contribution in [2.24, 2.45) is 5.73 Å². The molecular weight excluding hydrogens is 507 g/mol. The van der Waals surface area contributed by atoms with Crippen LogP contribution in [0.5, 0.6) is 0 Å². The minimum atomic E-state index is -0.242. The fourth-order valence-corrected chi connectivity index (χ4v) is 4.33. The second kappa shape index (κ2) is 22.5. The van der Waals surface area contributed by atoms with Crippen molar-refractivity contribution < 1.29 is 4.39 Å². The first-order valence-electron chi connectivity index (χ1n) is 15.8. The predicted octanol–water partition coefficient (Wildman–Crippen LogP) is 9.99. The SMILES string of the molecule is C=C(N)c1nn(-c2ccccc2C)c2c1CCNC/C2=C\c1ccc(F)cc1.CC.CC.CC.CCCCCCC. The number of aromatic nitrogens is 2. The molecule has 0 atom stereocenters. The number of aryl methyl sites for hydroxylation is 1. The lowest BCUT2D eigenvalue weighted by molar-refractivity contribution is 0.628. The summed E-state index contributed by atoms with van der Waals surface area (Å²) in [5.74, 6) is -0.242. The number of rotatable bonds is 7. The van der Waals surface area contributed by atoms with Crippen molar-refractivity contribution in [1.82, 2.24) is 15.1 Å². The Bertz CT molecular complexity index is 1140. The van der Waals surface area contributed by atoms with Gasteiger partial charge in [-0.25, -0.2) is 9.07 Å². The zero-order valence-electron chi connectivity index (χ0n) is 27.4. The van der Waals surface area contributed by atoms with Gasteiger partial charge in [-0.3, -0.25) is 0 Å². The number of nitrogens with one attached hydrogen (secondary N) is 1. The molecule has 3 N–H and O–H groups in total. The van der Waals surface area contributed by atoms with Crippen LogP contribution in [0.15, 0.2) is 55.1 Å². The Kier molecular flexibility index (Phi) is 20.8. The van der Waals surface area contributed by atoms with Crippen molar-refractivity contribution >= 4 is 17.3 Å². The van der Waals surface area contributed by atoms with E-state index in [1.807, 2.05) is 58.4 Å². The summed E-state index contributed by atoms with van der Waals surface area (Å²) in [4.78, 5) is 0. The number of nitrogens with two attached hydrogens (primary N) is 1. The van der Waals surface area contributed by atoms with Gasteiger partial charge in [0.15, 0.2) is 0 Å². The number of fused-ring (bicyclic) bond motifs is 1. The Hall–Kier alpha value is -3.18. The number of unbranched alkanes of at least 4 members (excludes halogenated alkanes) is 4. The highest BCUT2D eigenvalue weighted by Crippen LogP contribution is 2.31. The monoisotopic (exact) mass is 564 g/mol. The predicted molar refractivity (Wildman–Crippen MR) is 181 cm³/mol. The summed E-state index contributed by atoms with van der Waals surface area (Å²) in [6.07, 6.45) is 9.90. The van der Waals surface area contributed by atoms with Gasteiger partial charge in [-0.15, -0.1) is 0 Å². The molecule has 0 fully saturated rings. The fraction of sp³-hybridized carbons (Fsp3) is 0.472. The standard InChI is InChI=1S/C23H23FN4.C7H16.3C2H6/c1-15-5-3-4-6-21(15)28-23-18(13-17-7-9-19(24)10-8-17)14-26-12-11-20(23)22(27-28)16(2)25;1-3-5-7-6-4-2;3*1-2/h3-10,13,26H,2,11-12,14,25H2,1H3;3-7H2,1-2H3;3*1-2H3/b18-13+;;;;. The second-order valence-corrected chi connectivity index (χ2v) is 9.11. The molecule has 4 nitrogen and oxygen atoms in total. The van der Waals surface area contributed by atoms with Crippen LogP contribution in [0.3, 0.4) is 0 Å². The average molecular weight is 565 g/mol. The van der Waals surface area contributed by atoms with Crippen LogP contribution in [0.25, 0.3) is 23.0 Å². The molecule has 2 aromatic carbocycles. The van der Waals surface area contributed by atoms with Gasteiger partial charge in [-0.1, -0.05) is 124 Å². The van der Waals surface area contributed by atoms with Crippen molar-refractivity contribution in [2.45, 2.75) is 101 Å². The normalized spacial score (nSPS) is 12.5. The van der Waals surface area contributed by atoms with Gasteiger partial charge in [0.25, 0.3) is 0 Å². The van der Waals surface area contributed by atoms with Crippen LogP contribution in [0.4, 0.5) is 4.39 Å². The molecule has 0 spiro atoms. The molecule has 0 amide bonds. The largest absolute Gasteiger partial charge is 0.397 e. The number of nitrogens with zero attached hydrogens (tertiary/aromatic N) is 2. The van der Waals surface area contributed by atoms with Crippen molar-refractivity contribution in [2.75, 3.05) is 13.1 Å². The number of halogens is 1. The second-order valence-electron chi connectivity index (χ2n) is 9.11. The van der Waals surface area contributed by atoms with Crippen LogP contribution in [0.1, 0.15) is 116 Å². The lowest BCUT2D eigenvalue weighted by Crippen LogP contribution is -2.17. The van der Waals surface area contributed by atoms with Gasteiger partial charge in [0, 0.05) is 12.1 Å². The summed E-state index contributed by atoms with van der Waals surface area (Å²) in [5.41, 5.74) is 13.6. The van der Waals surface area contributed by atoms with Crippen LogP contribution in [0.2, 0.25) is 0 Å². The van der Waals surface area contributed by atoms with Crippen LogP contribution >= 0.6 is 0 Å². The highest BCUT2D eigenvalue weighted by atomic mass is 19.1. The van der Waals surface area contributed by atoms with E-state index in [0.29, 0.717) is 12.2 Å². The third kappa shape index (κ3) is 12.1. The molecule has 3 aromatic rings. The van der Waals surface area contributed by atoms with Gasteiger partial charge in [0.05, 0.1) is 17.1 Å². The molecule has 0 aliphatic carbocycles. The van der Waals surface area contributed by atoms with Gasteiger partial charge < -0.3 is 11.1 Å². The molecule has 0 radical (unpaired) electrons. The van der Waals surface area contributed by atoms with Gasteiger partial charge in [0.2, 0.25) is 0 Å². The quantitative estimate of drug-likeness (QED) is 0.281. The summed E-state index contributed by atoms with van der Waals surface area (Å²) < 4.78 is 15.3.